The normalized spacial score (nSPS) is 34.9. The third-order valence-corrected chi connectivity index (χ3v) is 4.99. The summed E-state index contributed by atoms with van der Waals surface area (Å²) in [6, 6.07) is 0. The number of unbranched alkanes of at least 4 members (excludes halogenated alkanes) is 1. The van der Waals surface area contributed by atoms with Crippen LogP contribution in [0.4, 0.5) is 0 Å². The van der Waals surface area contributed by atoms with Gasteiger partial charge in [-0.15, -0.1) is 0 Å². The van der Waals surface area contributed by atoms with Gasteiger partial charge in [-0.3, -0.25) is 0 Å². The number of allylic oxidation sites excluding steroid dienone is 1. The summed E-state index contributed by atoms with van der Waals surface area (Å²) in [5, 5.41) is 0. The second kappa shape index (κ2) is 5.36. The lowest BCUT2D eigenvalue weighted by Crippen LogP contribution is -2.53. The summed E-state index contributed by atoms with van der Waals surface area (Å²) >= 11 is 0. The monoisotopic (exact) mass is 250 g/mol. The van der Waals surface area contributed by atoms with Gasteiger partial charge in [0.15, 0.2) is 0 Å². The number of rotatable bonds is 4. The molecule has 18 heavy (non-hydrogen) atoms. The van der Waals surface area contributed by atoms with Crippen molar-refractivity contribution in [3.8, 4) is 0 Å². The molecule has 1 heteroatoms. The van der Waals surface area contributed by atoms with Gasteiger partial charge in [-0.05, 0) is 70.3 Å². The van der Waals surface area contributed by atoms with Crippen molar-refractivity contribution in [2.45, 2.75) is 90.3 Å². The number of hydrogen-bond acceptors (Lipinski definition) is 1. The summed E-state index contributed by atoms with van der Waals surface area (Å²) in [6.45, 7) is 9.14. The van der Waals surface area contributed by atoms with Crippen LogP contribution in [0.15, 0.2) is 11.6 Å². The van der Waals surface area contributed by atoms with E-state index in [1.165, 1.54) is 44.9 Å². The van der Waals surface area contributed by atoms with Gasteiger partial charge < -0.3 is 4.74 Å². The number of ether oxygens (including phenoxy) is 1. The fourth-order valence-corrected chi connectivity index (χ4v) is 3.99. The molecule has 2 rings (SSSR count). The Hall–Kier alpha value is -0.300. The summed E-state index contributed by atoms with van der Waals surface area (Å²) in [7, 11) is 0. The smallest absolute Gasteiger partial charge is 0.0924 e. The molecule has 2 unspecified atom stereocenters. The van der Waals surface area contributed by atoms with Crippen LogP contribution in [0.2, 0.25) is 0 Å². The van der Waals surface area contributed by atoms with Crippen LogP contribution in [0, 0.1) is 5.92 Å². The molecule has 0 bridgehead atoms. The summed E-state index contributed by atoms with van der Waals surface area (Å²) in [4.78, 5) is 0. The van der Waals surface area contributed by atoms with Gasteiger partial charge >= 0.3 is 0 Å². The van der Waals surface area contributed by atoms with Crippen molar-refractivity contribution >= 4 is 0 Å². The first-order chi connectivity index (χ1) is 8.54. The molecule has 0 N–H and O–H groups in total. The van der Waals surface area contributed by atoms with E-state index < -0.39 is 0 Å². The zero-order valence-corrected chi connectivity index (χ0v) is 12.7. The molecule has 1 aliphatic carbocycles. The quantitative estimate of drug-likeness (QED) is 0.619. The Bertz CT molecular complexity index is 316. The van der Waals surface area contributed by atoms with E-state index in [2.05, 4.69) is 33.8 Å². The standard InChI is InChI=1S/C17H30O/c1-5-7-9-14-10-8-11-15-12-13-16(3,4)18-17(14,15)6-2/h10,15H,5-9,11-13H2,1-4H3. The highest BCUT2D eigenvalue weighted by molar-refractivity contribution is 5.24. The Kier molecular flexibility index (Phi) is 4.21. The van der Waals surface area contributed by atoms with E-state index in [4.69, 9.17) is 4.74 Å². The third kappa shape index (κ3) is 2.52. The lowest BCUT2D eigenvalue weighted by Gasteiger charge is -2.53. The SMILES string of the molecule is CCCCC1=CCCC2CCC(C)(C)OC12CC. The maximum atomic E-state index is 6.66. The summed E-state index contributed by atoms with van der Waals surface area (Å²) < 4.78 is 6.66. The van der Waals surface area contributed by atoms with Gasteiger partial charge in [0, 0.05) is 0 Å². The van der Waals surface area contributed by atoms with Crippen molar-refractivity contribution < 1.29 is 4.74 Å². The van der Waals surface area contributed by atoms with E-state index in [1.54, 1.807) is 5.57 Å². The predicted octanol–water partition coefficient (Wildman–Crippen LogP) is 5.25. The topological polar surface area (TPSA) is 9.23 Å². The van der Waals surface area contributed by atoms with Gasteiger partial charge in [0.2, 0.25) is 0 Å². The predicted molar refractivity (Wildman–Crippen MR) is 77.8 cm³/mol. The van der Waals surface area contributed by atoms with Crippen molar-refractivity contribution in [1.82, 2.24) is 0 Å². The summed E-state index contributed by atoms with van der Waals surface area (Å²) in [5.74, 6) is 0.771. The highest BCUT2D eigenvalue weighted by Gasteiger charge is 2.49. The molecule has 0 aromatic carbocycles. The number of hydrogen-bond donors (Lipinski definition) is 0. The zero-order valence-electron chi connectivity index (χ0n) is 12.7. The van der Waals surface area contributed by atoms with Crippen molar-refractivity contribution in [1.29, 1.82) is 0 Å². The largest absolute Gasteiger partial charge is 0.364 e. The highest BCUT2D eigenvalue weighted by Crippen LogP contribution is 2.50. The summed E-state index contributed by atoms with van der Waals surface area (Å²) in [6.07, 6.45) is 12.7. The van der Waals surface area contributed by atoms with E-state index in [-0.39, 0.29) is 11.2 Å². The third-order valence-electron chi connectivity index (χ3n) is 4.99. The molecule has 1 aliphatic heterocycles. The average molecular weight is 250 g/mol. The second-order valence-electron chi connectivity index (χ2n) is 6.75. The summed E-state index contributed by atoms with van der Waals surface area (Å²) in [5.41, 5.74) is 1.76. The maximum Gasteiger partial charge on any atom is 0.0924 e. The van der Waals surface area contributed by atoms with Crippen LogP contribution in [0.1, 0.15) is 79.1 Å². The van der Waals surface area contributed by atoms with Gasteiger partial charge in [0.05, 0.1) is 11.2 Å². The Morgan fingerprint density at radius 3 is 2.72 bits per heavy atom. The van der Waals surface area contributed by atoms with E-state index in [1.807, 2.05) is 0 Å². The van der Waals surface area contributed by atoms with Crippen LogP contribution >= 0.6 is 0 Å². The average Bonchev–Trinajstić information content (AvgIpc) is 2.35. The first-order valence-corrected chi connectivity index (χ1v) is 7.94. The molecule has 0 spiro atoms. The minimum Gasteiger partial charge on any atom is -0.364 e. The van der Waals surface area contributed by atoms with Gasteiger partial charge in [0.1, 0.15) is 0 Å². The van der Waals surface area contributed by atoms with E-state index in [0.717, 1.165) is 12.3 Å². The Labute approximate surface area is 113 Å². The molecule has 1 nitrogen and oxygen atoms in total. The van der Waals surface area contributed by atoms with Crippen LogP contribution in [0.5, 0.6) is 0 Å². The Morgan fingerprint density at radius 1 is 1.28 bits per heavy atom. The maximum absolute atomic E-state index is 6.66. The van der Waals surface area contributed by atoms with E-state index >= 15 is 0 Å². The molecule has 1 saturated heterocycles. The van der Waals surface area contributed by atoms with Gasteiger partial charge in [-0.25, -0.2) is 0 Å². The minimum atomic E-state index is 0.0646. The molecule has 0 saturated carbocycles. The van der Waals surface area contributed by atoms with Gasteiger partial charge in [-0.1, -0.05) is 26.3 Å². The van der Waals surface area contributed by atoms with Crippen LogP contribution in [-0.2, 0) is 4.74 Å². The minimum absolute atomic E-state index is 0.0646. The molecule has 0 aromatic heterocycles. The Morgan fingerprint density at radius 2 is 2.06 bits per heavy atom. The highest BCUT2D eigenvalue weighted by atomic mass is 16.5. The zero-order chi connectivity index (χ0) is 13.2. The lowest BCUT2D eigenvalue weighted by atomic mass is 9.66. The molecule has 2 atom stereocenters. The molecule has 0 radical (unpaired) electrons. The second-order valence-corrected chi connectivity index (χ2v) is 6.75. The number of fused-ring (bicyclic) bond motifs is 1. The molecular weight excluding hydrogens is 220 g/mol. The fraction of sp³-hybridized carbons (Fsp3) is 0.882. The molecule has 1 fully saturated rings. The molecule has 1 heterocycles. The van der Waals surface area contributed by atoms with Crippen molar-refractivity contribution in [2.75, 3.05) is 0 Å². The van der Waals surface area contributed by atoms with Crippen LogP contribution < -0.4 is 0 Å². The Balaban J connectivity index is 2.25. The molecule has 2 aliphatic rings. The first-order valence-electron chi connectivity index (χ1n) is 7.94. The fourth-order valence-electron chi connectivity index (χ4n) is 3.99. The van der Waals surface area contributed by atoms with Crippen LogP contribution in [-0.4, -0.2) is 11.2 Å². The van der Waals surface area contributed by atoms with Crippen molar-refractivity contribution in [3.05, 3.63) is 11.6 Å². The molecule has 104 valence electrons. The van der Waals surface area contributed by atoms with Gasteiger partial charge in [0.25, 0.3) is 0 Å². The van der Waals surface area contributed by atoms with E-state index in [9.17, 15) is 0 Å². The lowest BCUT2D eigenvalue weighted by molar-refractivity contribution is -0.190. The molecule has 0 aromatic rings. The van der Waals surface area contributed by atoms with E-state index in [0.29, 0.717) is 0 Å². The van der Waals surface area contributed by atoms with Crippen molar-refractivity contribution in [2.24, 2.45) is 5.92 Å². The first kappa shape index (κ1) is 14.1. The van der Waals surface area contributed by atoms with Crippen LogP contribution in [0.25, 0.3) is 0 Å². The van der Waals surface area contributed by atoms with Crippen molar-refractivity contribution in [3.63, 3.8) is 0 Å². The molecule has 0 amide bonds. The van der Waals surface area contributed by atoms with Crippen LogP contribution in [0.3, 0.4) is 0 Å². The molecular formula is C17H30O. The van der Waals surface area contributed by atoms with Gasteiger partial charge in [-0.2, -0.15) is 0 Å².